The van der Waals surface area contributed by atoms with E-state index in [0.717, 1.165) is 16.3 Å². The molecule has 0 aromatic heterocycles. The molecule has 1 aromatic carbocycles. The van der Waals surface area contributed by atoms with Crippen LogP contribution < -0.4 is 5.19 Å². The number of hydrogen-bond acceptors (Lipinski definition) is 0. The second-order valence-electron chi connectivity index (χ2n) is 2.50. The van der Waals surface area contributed by atoms with E-state index in [9.17, 15) is 0 Å². The van der Waals surface area contributed by atoms with Gasteiger partial charge in [0.2, 0.25) is 0 Å². The van der Waals surface area contributed by atoms with Crippen molar-refractivity contribution in [3.05, 3.63) is 29.3 Å². The van der Waals surface area contributed by atoms with Crippen LogP contribution in [0.15, 0.2) is 18.2 Å². The normalized spacial score (nSPS) is 9.00. The van der Waals surface area contributed by atoms with E-state index in [-0.39, 0.29) is 0 Å². The molecule has 0 radical (unpaired) electrons. The van der Waals surface area contributed by atoms with Crippen molar-refractivity contribution in [2.45, 2.75) is 0 Å². The fourth-order valence-electron chi connectivity index (χ4n) is 1.15. The van der Waals surface area contributed by atoms with Crippen molar-refractivity contribution in [1.82, 2.24) is 0 Å². The zero-order valence-electron chi connectivity index (χ0n) is 7.17. The van der Waals surface area contributed by atoms with Crippen LogP contribution in [0.5, 0.6) is 0 Å². The Balaban J connectivity index is 3.36. The molecule has 0 saturated heterocycles. The van der Waals surface area contributed by atoms with Crippen LogP contribution in [0, 0.1) is 36.7 Å². The van der Waals surface area contributed by atoms with Crippen LogP contribution in [0.25, 0.3) is 0 Å². The maximum Gasteiger partial charge on any atom is 0.140 e. The van der Waals surface area contributed by atoms with Gasteiger partial charge >= 0.3 is 0 Å². The summed E-state index contributed by atoms with van der Waals surface area (Å²) >= 11 is 0. The van der Waals surface area contributed by atoms with E-state index >= 15 is 0 Å². The molecule has 0 N–H and O–H groups in total. The van der Waals surface area contributed by atoms with Crippen LogP contribution in [-0.4, -0.2) is 9.52 Å². The lowest BCUT2D eigenvalue weighted by Crippen LogP contribution is -2.20. The van der Waals surface area contributed by atoms with Crippen molar-refractivity contribution in [3.63, 3.8) is 0 Å². The minimum atomic E-state index is -0.738. The van der Waals surface area contributed by atoms with E-state index in [1.165, 1.54) is 0 Å². The first-order valence-corrected chi connectivity index (χ1v) is 5.23. The van der Waals surface area contributed by atoms with E-state index in [1.807, 2.05) is 18.2 Å². The minimum Gasteiger partial charge on any atom is -0.137 e. The van der Waals surface area contributed by atoms with Gasteiger partial charge in [-0.2, -0.15) is 0 Å². The molecule has 0 fully saturated rings. The summed E-state index contributed by atoms with van der Waals surface area (Å²) < 4.78 is 0. The summed E-state index contributed by atoms with van der Waals surface area (Å²) in [6, 6.07) is 5.61. The summed E-state index contributed by atoms with van der Waals surface area (Å²) in [5.74, 6) is 5.20. The molecule has 0 aliphatic carbocycles. The number of rotatable bonds is 1. The number of terminal acetylenes is 3. The Morgan fingerprint density at radius 3 is 1.92 bits per heavy atom. The molecule has 1 heteroatoms. The highest BCUT2D eigenvalue weighted by Gasteiger charge is 2.03. The fourth-order valence-corrected chi connectivity index (χ4v) is 2.17. The Bertz CT molecular complexity index is 403. The Morgan fingerprint density at radius 2 is 1.54 bits per heavy atom. The molecule has 0 aliphatic rings. The lowest BCUT2D eigenvalue weighted by atomic mass is 10.1. The maximum atomic E-state index is 5.34. The predicted octanol–water partition coefficient (Wildman–Crippen LogP) is 0.0340. The largest absolute Gasteiger partial charge is 0.140 e. The second-order valence-corrected chi connectivity index (χ2v) is 3.97. The second kappa shape index (κ2) is 4.22. The molecule has 1 rings (SSSR count). The van der Waals surface area contributed by atoms with E-state index < -0.39 is 9.52 Å². The van der Waals surface area contributed by atoms with Crippen LogP contribution in [0.3, 0.4) is 0 Å². The Kier molecular flexibility index (Phi) is 2.99. The first kappa shape index (κ1) is 9.21. The molecule has 0 unspecified atom stereocenters. The van der Waals surface area contributed by atoms with Crippen LogP contribution in [0.1, 0.15) is 11.1 Å². The van der Waals surface area contributed by atoms with Gasteiger partial charge in [0.15, 0.2) is 0 Å². The zero-order chi connectivity index (χ0) is 9.68. The highest BCUT2D eigenvalue weighted by molar-refractivity contribution is 6.63. The minimum absolute atomic E-state index is 0.738. The van der Waals surface area contributed by atoms with Crippen molar-refractivity contribution >= 4 is 14.7 Å². The van der Waals surface area contributed by atoms with Gasteiger partial charge in [0.25, 0.3) is 0 Å². The summed E-state index contributed by atoms with van der Waals surface area (Å²) in [4.78, 5) is 0. The molecular formula is C12H8Si. The van der Waals surface area contributed by atoms with Gasteiger partial charge in [-0.25, -0.2) is 0 Å². The topological polar surface area (TPSA) is 0 Å². The van der Waals surface area contributed by atoms with Gasteiger partial charge in [0.1, 0.15) is 9.52 Å². The van der Waals surface area contributed by atoms with Gasteiger partial charge in [-0.05, 0) is 17.3 Å². The molecule has 60 valence electrons. The summed E-state index contributed by atoms with van der Waals surface area (Å²) in [6.45, 7) is 0. The van der Waals surface area contributed by atoms with E-state index in [2.05, 4.69) is 17.4 Å². The molecule has 0 atom stereocenters. The molecule has 0 saturated carbocycles. The van der Waals surface area contributed by atoms with Crippen molar-refractivity contribution < 1.29 is 0 Å². The highest BCUT2D eigenvalue weighted by Crippen LogP contribution is 1.99. The molecule has 0 bridgehead atoms. The molecule has 13 heavy (non-hydrogen) atoms. The number of hydrogen-bond donors (Lipinski definition) is 0. The van der Waals surface area contributed by atoms with Gasteiger partial charge in [-0.15, -0.1) is 24.8 Å². The molecule has 0 heterocycles. The Labute approximate surface area is 81.2 Å². The van der Waals surface area contributed by atoms with E-state index in [1.54, 1.807) is 0 Å². The lowest BCUT2D eigenvalue weighted by molar-refractivity contribution is 1.66. The van der Waals surface area contributed by atoms with Crippen LogP contribution in [-0.2, 0) is 0 Å². The average Bonchev–Trinajstić information content (AvgIpc) is 2.18. The van der Waals surface area contributed by atoms with Crippen molar-refractivity contribution in [2.24, 2.45) is 0 Å². The molecule has 0 nitrogen and oxygen atoms in total. The van der Waals surface area contributed by atoms with E-state index in [4.69, 9.17) is 19.3 Å². The van der Waals surface area contributed by atoms with Crippen LogP contribution >= 0.6 is 0 Å². The monoisotopic (exact) mass is 180 g/mol. The van der Waals surface area contributed by atoms with Gasteiger partial charge in [0.05, 0.1) is 0 Å². The van der Waals surface area contributed by atoms with Crippen molar-refractivity contribution in [3.8, 4) is 36.7 Å². The van der Waals surface area contributed by atoms with Gasteiger partial charge in [0, 0.05) is 11.1 Å². The smallest absolute Gasteiger partial charge is 0.137 e. The first-order valence-electron chi connectivity index (χ1n) is 3.82. The molecule has 0 spiro atoms. The third kappa shape index (κ3) is 1.82. The van der Waals surface area contributed by atoms with Gasteiger partial charge in [-0.3, -0.25) is 0 Å². The molecule has 0 amide bonds. The molecule has 0 aliphatic heterocycles. The summed E-state index contributed by atoms with van der Waals surface area (Å²) in [5, 5.41) is 1.04. The maximum absolute atomic E-state index is 5.34. The first-order chi connectivity index (χ1) is 6.33. The van der Waals surface area contributed by atoms with Crippen LogP contribution in [0.4, 0.5) is 0 Å². The van der Waals surface area contributed by atoms with Gasteiger partial charge < -0.3 is 0 Å². The molecular weight excluding hydrogens is 172 g/mol. The van der Waals surface area contributed by atoms with Crippen molar-refractivity contribution in [2.75, 3.05) is 0 Å². The standard InChI is InChI=1S/C12H8Si/c1-4-10-8-7-9-11(5-2)12(10)13-6-3/h1-3,7-9H,13H2. The summed E-state index contributed by atoms with van der Waals surface area (Å²) in [6.07, 6.45) is 16.0. The zero-order valence-corrected chi connectivity index (χ0v) is 8.59. The lowest BCUT2D eigenvalue weighted by Gasteiger charge is -2.02. The third-order valence-electron chi connectivity index (χ3n) is 1.77. The quantitative estimate of drug-likeness (QED) is 0.423. The number of benzene rings is 1. The van der Waals surface area contributed by atoms with Crippen molar-refractivity contribution in [1.29, 1.82) is 0 Å². The molecule has 1 aromatic rings. The van der Waals surface area contributed by atoms with Crippen LogP contribution in [0.2, 0.25) is 0 Å². The van der Waals surface area contributed by atoms with Gasteiger partial charge in [-0.1, -0.05) is 17.9 Å². The summed E-state index contributed by atoms with van der Waals surface area (Å²) in [7, 11) is -0.738. The highest BCUT2D eigenvalue weighted by atomic mass is 28.2. The fraction of sp³-hybridized carbons (Fsp3) is 0. The Hall–Kier alpha value is -1.88. The predicted molar refractivity (Wildman–Crippen MR) is 59.3 cm³/mol. The average molecular weight is 180 g/mol. The Morgan fingerprint density at radius 1 is 1.00 bits per heavy atom. The SMILES string of the molecule is C#C[SiH2]c1c(C#C)cccc1C#C. The summed E-state index contributed by atoms with van der Waals surface area (Å²) in [5.41, 5.74) is 4.38. The third-order valence-corrected chi connectivity index (χ3v) is 3.09. The van der Waals surface area contributed by atoms with E-state index in [0.29, 0.717) is 0 Å².